The number of fused-ring (bicyclic) bond motifs is 1. The lowest BCUT2D eigenvalue weighted by atomic mass is 9.95. The molecule has 2 aromatic carbocycles. The molecule has 0 spiro atoms. The summed E-state index contributed by atoms with van der Waals surface area (Å²) in [6.07, 6.45) is 1.58. The van der Waals surface area contributed by atoms with Gasteiger partial charge in [0.25, 0.3) is 5.56 Å². The molecule has 192 valence electrons. The minimum atomic E-state index is -0.723. The molecule has 0 saturated carbocycles. The molecule has 0 radical (unpaired) electrons. The van der Waals surface area contributed by atoms with Crippen LogP contribution >= 0.6 is 27.3 Å². The van der Waals surface area contributed by atoms with Crippen molar-refractivity contribution in [1.82, 2.24) is 4.57 Å². The summed E-state index contributed by atoms with van der Waals surface area (Å²) >= 11 is 4.49. The monoisotopic (exact) mass is 585 g/mol. The maximum Gasteiger partial charge on any atom is 0.338 e. The summed E-state index contributed by atoms with van der Waals surface area (Å²) in [6, 6.07) is 9.88. The second kappa shape index (κ2) is 10.8. The Hall–Kier alpha value is -3.57. The number of benzene rings is 2. The van der Waals surface area contributed by atoms with E-state index in [0.29, 0.717) is 30.6 Å². The maximum absolute atomic E-state index is 13.7. The lowest BCUT2D eigenvalue weighted by Gasteiger charge is -2.24. The molecule has 37 heavy (non-hydrogen) atoms. The Morgan fingerprint density at radius 1 is 1.22 bits per heavy atom. The number of ether oxygens (including phenoxy) is 2. The number of carbonyl (C=O) groups excluding carboxylic acids is 1. The van der Waals surface area contributed by atoms with Gasteiger partial charge in [-0.1, -0.05) is 41.2 Å². The van der Waals surface area contributed by atoms with Crippen LogP contribution in [0.5, 0.6) is 5.75 Å². The number of nitro benzene ring substituents is 1. The van der Waals surface area contributed by atoms with Gasteiger partial charge in [0, 0.05) is 6.07 Å². The van der Waals surface area contributed by atoms with E-state index in [1.807, 2.05) is 31.2 Å². The summed E-state index contributed by atoms with van der Waals surface area (Å²) in [5, 5.41) is 11.7. The molecule has 3 aromatic rings. The van der Waals surface area contributed by atoms with E-state index in [1.54, 1.807) is 32.9 Å². The maximum atomic E-state index is 13.7. The summed E-state index contributed by atoms with van der Waals surface area (Å²) in [5.74, 6) is -0.408. The minimum Gasteiger partial charge on any atom is -0.486 e. The molecule has 0 unspecified atom stereocenters. The van der Waals surface area contributed by atoms with Crippen molar-refractivity contribution in [3.63, 3.8) is 0 Å². The molecule has 1 atom stereocenters. The van der Waals surface area contributed by atoms with Gasteiger partial charge in [-0.25, -0.2) is 9.79 Å². The summed E-state index contributed by atoms with van der Waals surface area (Å²) in [7, 11) is 0. The topological polar surface area (TPSA) is 113 Å². The molecule has 0 fully saturated rings. The number of nitro groups is 1. The Kier molecular flexibility index (Phi) is 7.74. The molecule has 0 N–H and O–H groups in total. The van der Waals surface area contributed by atoms with Crippen molar-refractivity contribution in [3.8, 4) is 5.75 Å². The number of esters is 1. The number of thiazole rings is 1. The van der Waals surface area contributed by atoms with Crippen molar-refractivity contribution < 1.29 is 19.2 Å². The summed E-state index contributed by atoms with van der Waals surface area (Å²) < 4.78 is 12.9. The van der Waals surface area contributed by atoms with Crippen LogP contribution < -0.4 is 19.6 Å². The zero-order valence-corrected chi connectivity index (χ0v) is 23.0. The van der Waals surface area contributed by atoms with Crippen molar-refractivity contribution in [1.29, 1.82) is 0 Å². The average Bonchev–Trinajstić information content (AvgIpc) is 3.14. The molecule has 0 aliphatic carbocycles. The summed E-state index contributed by atoms with van der Waals surface area (Å²) in [5.41, 5.74) is 2.41. The van der Waals surface area contributed by atoms with Gasteiger partial charge < -0.3 is 9.47 Å². The molecular weight excluding hydrogens is 562 g/mol. The van der Waals surface area contributed by atoms with Crippen molar-refractivity contribution in [2.75, 3.05) is 13.2 Å². The zero-order valence-electron chi connectivity index (χ0n) is 20.6. The number of allylic oxidation sites excluding steroid dienone is 1. The highest BCUT2D eigenvalue weighted by Crippen LogP contribution is 2.36. The third kappa shape index (κ3) is 5.14. The number of hydrogen-bond donors (Lipinski definition) is 0. The first-order chi connectivity index (χ1) is 17.7. The first kappa shape index (κ1) is 26.5. The van der Waals surface area contributed by atoms with Gasteiger partial charge in [-0.15, -0.1) is 0 Å². The summed E-state index contributed by atoms with van der Waals surface area (Å²) in [4.78, 5) is 42.8. The fourth-order valence-electron chi connectivity index (χ4n) is 4.11. The molecule has 11 heteroatoms. The number of hydrogen-bond acceptors (Lipinski definition) is 8. The molecule has 0 amide bonds. The molecule has 0 bridgehead atoms. The van der Waals surface area contributed by atoms with Gasteiger partial charge in [-0.2, -0.15) is 0 Å². The first-order valence-corrected chi connectivity index (χ1v) is 13.1. The normalized spacial score (nSPS) is 15.3. The van der Waals surface area contributed by atoms with Gasteiger partial charge in [0.1, 0.15) is 0 Å². The minimum absolute atomic E-state index is 0.125. The van der Waals surface area contributed by atoms with Gasteiger partial charge >= 0.3 is 11.7 Å². The Bertz CT molecular complexity index is 1600. The van der Waals surface area contributed by atoms with Gasteiger partial charge in [0.05, 0.1) is 44.5 Å². The van der Waals surface area contributed by atoms with Crippen LogP contribution in [0.4, 0.5) is 5.69 Å². The van der Waals surface area contributed by atoms with Crippen LogP contribution in [0.15, 0.2) is 61.9 Å². The smallest absolute Gasteiger partial charge is 0.338 e. The summed E-state index contributed by atoms with van der Waals surface area (Å²) in [6.45, 7) is 7.58. The fourth-order valence-corrected chi connectivity index (χ4v) is 5.74. The van der Waals surface area contributed by atoms with Crippen LogP contribution in [-0.4, -0.2) is 28.7 Å². The highest BCUT2D eigenvalue weighted by Gasteiger charge is 2.33. The molecule has 1 aliphatic heterocycles. The van der Waals surface area contributed by atoms with Crippen molar-refractivity contribution in [2.45, 2.75) is 33.7 Å². The average molecular weight is 586 g/mol. The van der Waals surface area contributed by atoms with Crippen LogP contribution in [0.25, 0.3) is 6.08 Å². The van der Waals surface area contributed by atoms with Crippen molar-refractivity contribution in [2.24, 2.45) is 4.99 Å². The van der Waals surface area contributed by atoms with Crippen molar-refractivity contribution in [3.05, 3.63) is 98.6 Å². The highest BCUT2D eigenvalue weighted by molar-refractivity contribution is 9.10. The first-order valence-electron chi connectivity index (χ1n) is 11.5. The van der Waals surface area contributed by atoms with Gasteiger partial charge in [-0.3, -0.25) is 19.5 Å². The number of rotatable bonds is 7. The van der Waals surface area contributed by atoms with Crippen LogP contribution in [0.2, 0.25) is 0 Å². The van der Waals surface area contributed by atoms with Crippen LogP contribution in [0, 0.1) is 17.0 Å². The van der Waals surface area contributed by atoms with Crippen LogP contribution in [0.3, 0.4) is 0 Å². The zero-order chi connectivity index (χ0) is 26.9. The van der Waals surface area contributed by atoms with Crippen LogP contribution in [-0.2, 0) is 9.53 Å². The quantitative estimate of drug-likeness (QED) is 0.233. The number of nitrogens with zero attached hydrogens (tertiary/aromatic N) is 3. The van der Waals surface area contributed by atoms with Crippen molar-refractivity contribution >= 4 is 45.0 Å². The van der Waals surface area contributed by atoms with E-state index >= 15 is 0 Å². The lowest BCUT2D eigenvalue weighted by molar-refractivity contribution is -0.385. The highest BCUT2D eigenvalue weighted by atomic mass is 79.9. The molecule has 1 aromatic heterocycles. The fraction of sp³-hybridized carbons (Fsp3) is 0.269. The van der Waals surface area contributed by atoms with Gasteiger partial charge in [-0.05, 0) is 66.9 Å². The van der Waals surface area contributed by atoms with E-state index in [4.69, 9.17) is 9.47 Å². The Morgan fingerprint density at radius 3 is 2.54 bits per heavy atom. The Morgan fingerprint density at radius 2 is 1.92 bits per heavy atom. The molecular formula is C26H24BrN3O6S. The Labute approximate surface area is 224 Å². The third-order valence-corrected chi connectivity index (χ3v) is 7.31. The molecule has 9 nitrogen and oxygen atoms in total. The SMILES string of the molecule is CCOC(=O)C1=C(C)N=c2s/c(=C\c3cc(Br)c(OCC)c([N+](=O)[O-])c3)c(=O)n2[C@@H]1c1ccc(C)cc1. The van der Waals surface area contributed by atoms with Crippen LogP contribution in [0.1, 0.15) is 43.5 Å². The van der Waals surface area contributed by atoms with E-state index in [2.05, 4.69) is 20.9 Å². The van der Waals surface area contributed by atoms with E-state index in [9.17, 15) is 19.7 Å². The predicted octanol–water partition coefficient (Wildman–Crippen LogP) is 4.18. The predicted molar refractivity (Wildman–Crippen MR) is 144 cm³/mol. The number of carbonyl (C=O) groups is 1. The largest absolute Gasteiger partial charge is 0.486 e. The van der Waals surface area contributed by atoms with E-state index < -0.39 is 16.9 Å². The number of halogens is 1. The molecule has 1 aliphatic rings. The number of aromatic nitrogens is 1. The third-order valence-electron chi connectivity index (χ3n) is 5.74. The van der Waals surface area contributed by atoms with Gasteiger partial charge in [0.2, 0.25) is 5.75 Å². The van der Waals surface area contributed by atoms with Gasteiger partial charge in [0.15, 0.2) is 4.80 Å². The van der Waals surface area contributed by atoms with E-state index in [1.165, 1.54) is 10.6 Å². The Balaban J connectivity index is 1.94. The standard InChI is InChI=1S/C26H24BrN3O6S/c1-5-35-23-18(27)11-16(12-19(23)30(33)34)13-20-24(31)29-22(17-9-7-14(3)8-10-17)21(25(32)36-6-2)15(4)28-26(29)37-20/h7-13,22H,5-6H2,1-4H3/b20-13-/t22-/m1/s1. The second-order valence-corrected chi connectivity index (χ2v) is 10.1. The van der Waals surface area contributed by atoms with E-state index in [-0.39, 0.29) is 30.2 Å². The van der Waals surface area contributed by atoms with E-state index in [0.717, 1.165) is 22.5 Å². The molecule has 2 heterocycles. The molecule has 4 rings (SSSR count). The molecule has 0 saturated heterocycles. The second-order valence-electron chi connectivity index (χ2n) is 8.25. The number of aryl methyl sites for hydroxylation is 1. The lowest BCUT2D eigenvalue weighted by Crippen LogP contribution is -2.39.